The lowest BCUT2D eigenvalue weighted by molar-refractivity contribution is 0.0635. The molecule has 0 spiro atoms. The number of pyridine rings is 1. The molecule has 10 nitrogen and oxygen atoms in total. The number of fused-ring (bicyclic) bond motifs is 2. The Bertz CT molecular complexity index is 1370. The van der Waals surface area contributed by atoms with Gasteiger partial charge >= 0.3 is 0 Å². The maximum absolute atomic E-state index is 9.63. The molecule has 0 aliphatic carbocycles. The highest BCUT2D eigenvalue weighted by Crippen LogP contribution is 2.28. The molecule has 0 atom stereocenters. The number of likely N-dealkylation sites (tertiary alicyclic amines) is 1. The van der Waals surface area contributed by atoms with Crippen molar-refractivity contribution in [1.29, 1.82) is 0 Å². The molecule has 4 heterocycles. The number of methoxy groups -OCH3 is 1. The number of unbranched alkanes of at least 4 members (excludes halogenated alkanes) is 1. The molecule has 1 aromatic carbocycles. The highest BCUT2D eigenvalue weighted by Gasteiger charge is 2.26. The third kappa shape index (κ3) is 5.72. The van der Waals surface area contributed by atoms with Crippen molar-refractivity contribution >= 4 is 33.7 Å². The second kappa shape index (κ2) is 12.0. The van der Waals surface area contributed by atoms with Gasteiger partial charge in [0.1, 0.15) is 5.52 Å². The van der Waals surface area contributed by atoms with E-state index in [0.29, 0.717) is 29.9 Å². The summed E-state index contributed by atoms with van der Waals surface area (Å²) >= 11 is 0. The summed E-state index contributed by atoms with van der Waals surface area (Å²) in [6.07, 6.45) is 6.92. The van der Waals surface area contributed by atoms with Gasteiger partial charge < -0.3 is 20.5 Å². The Morgan fingerprint density at radius 3 is 2.74 bits per heavy atom. The third-order valence-electron chi connectivity index (χ3n) is 7.29. The molecular formula is C28H38N8O2. The van der Waals surface area contributed by atoms with Crippen LogP contribution in [0, 0.1) is 5.92 Å². The number of nitrogens with two attached hydrogens (primary N) is 1. The van der Waals surface area contributed by atoms with Crippen LogP contribution >= 0.6 is 0 Å². The van der Waals surface area contributed by atoms with Crippen LogP contribution in [0.15, 0.2) is 36.7 Å². The SMILES string of the molecule is CCCCN(CCO)c1nc(N)nc2cn(Cc3ccc(CN4CC(CCOC)C4)c4cccnc34)nc12. The normalized spacial score (nSPS) is 14.4. The number of aliphatic hydroxyl groups is 1. The Kier molecular flexibility index (Phi) is 8.31. The summed E-state index contributed by atoms with van der Waals surface area (Å²) < 4.78 is 7.12. The maximum atomic E-state index is 9.63. The summed E-state index contributed by atoms with van der Waals surface area (Å²) in [7, 11) is 1.77. The lowest BCUT2D eigenvalue weighted by atomic mass is 9.95. The van der Waals surface area contributed by atoms with Crippen molar-refractivity contribution < 1.29 is 9.84 Å². The molecule has 0 bridgehead atoms. The molecule has 5 rings (SSSR count). The van der Waals surface area contributed by atoms with E-state index < -0.39 is 0 Å². The van der Waals surface area contributed by atoms with Gasteiger partial charge in [-0.05, 0) is 36.0 Å². The highest BCUT2D eigenvalue weighted by molar-refractivity contribution is 5.87. The molecule has 0 amide bonds. The first-order valence-electron chi connectivity index (χ1n) is 13.5. The van der Waals surface area contributed by atoms with E-state index in [1.807, 2.05) is 28.0 Å². The molecule has 38 heavy (non-hydrogen) atoms. The number of ether oxygens (including phenoxy) is 1. The Morgan fingerprint density at radius 2 is 1.95 bits per heavy atom. The van der Waals surface area contributed by atoms with E-state index in [2.05, 4.69) is 40.0 Å². The van der Waals surface area contributed by atoms with Crippen LogP contribution in [0.25, 0.3) is 21.9 Å². The zero-order valence-corrected chi connectivity index (χ0v) is 22.4. The monoisotopic (exact) mass is 518 g/mol. The molecule has 1 aliphatic rings. The first kappa shape index (κ1) is 26.3. The van der Waals surface area contributed by atoms with Gasteiger partial charge in [0, 0.05) is 58.0 Å². The number of hydrogen-bond acceptors (Lipinski definition) is 9. The van der Waals surface area contributed by atoms with Crippen LogP contribution in [-0.2, 0) is 17.8 Å². The molecule has 1 aliphatic heterocycles. The standard InChI is InChI=1S/C28H38N8O2/c1-3-4-11-35(12-13-37)27-26-24(31-28(29)32-27)19-36(33-26)18-22-8-7-21(23-6-5-10-30-25(22)23)17-34-15-20(16-34)9-14-38-2/h5-8,10,19-20,37H,3-4,9,11-18H2,1-2H3,(H2,29,31). The summed E-state index contributed by atoms with van der Waals surface area (Å²) in [5.41, 5.74) is 10.8. The number of hydrogen-bond donors (Lipinski definition) is 2. The Morgan fingerprint density at radius 1 is 1.11 bits per heavy atom. The molecule has 1 saturated heterocycles. The van der Waals surface area contributed by atoms with E-state index in [-0.39, 0.29) is 12.6 Å². The fraction of sp³-hybridized carbons (Fsp3) is 0.500. The minimum absolute atomic E-state index is 0.0328. The van der Waals surface area contributed by atoms with Gasteiger partial charge in [-0.1, -0.05) is 31.5 Å². The first-order chi connectivity index (χ1) is 18.6. The van der Waals surface area contributed by atoms with Gasteiger partial charge in [0.25, 0.3) is 0 Å². The van der Waals surface area contributed by atoms with Gasteiger partial charge in [-0.15, -0.1) is 0 Å². The average Bonchev–Trinajstić information content (AvgIpc) is 3.30. The van der Waals surface area contributed by atoms with Crippen molar-refractivity contribution in [3.63, 3.8) is 0 Å². The zero-order chi connectivity index (χ0) is 26.5. The number of rotatable bonds is 13. The van der Waals surface area contributed by atoms with Crippen molar-refractivity contribution in [2.24, 2.45) is 5.92 Å². The van der Waals surface area contributed by atoms with Crippen LogP contribution in [0.4, 0.5) is 11.8 Å². The zero-order valence-electron chi connectivity index (χ0n) is 22.4. The second-order valence-electron chi connectivity index (χ2n) is 10.2. The van der Waals surface area contributed by atoms with Crippen molar-refractivity contribution in [2.45, 2.75) is 39.3 Å². The van der Waals surface area contributed by atoms with Crippen molar-refractivity contribution in [2.75, 3.05) is 57.1 Å². The molecule has 202 valence electrons. The molecule has 1 fully saturated rings. The Labute approximate surface area is 223 Å². The van der Waals surface area contributed by atoms with Crippen LogP contribution in [0.5, 0.6) is 0 Å². The minimum atomic E-state index is 0.0328. The largest absolute Gasteiger partial charge is 0.395 e. The summed E-state index contributed by atoms with van der Waals surface area (Å²) in [5, 5.41) is 15.7. The summed E-state index contributed by atoms with van der Waals surface area (Å²) in [4.78, 5) is 18.2. The van der Waals surface area contributed by atoms with Gasteiger partial charge in [0.05, 0.1) is 24.9 Å². The fourth-order valence-corrected chi connectivity index (χ4v) is 5.30. The van der Waals surface area contributed by atoms with Crippen LogP contribution < -0.4 is 10.6 Å². The maximum Gasteiger partial charge on any atom is 0.222 e. The number of benzene rings is 1. The van der Waals surface area contributed by atoms with E-state index in [1.165, 1.54) is 10.9 Å². The molecule has 4 aromatic rings. The quantitative estimate of drug-likeness (QED) is 0.275. The highest BCUT2D eigenvalue weighted by atomic mass is 16.5. The fourth-order valence-electron chi connectivity index (χ4n) is 5.30. The van der Waals surface area contributed by atoms with E-state index >= 15 is 0 Å². The Balaban J connectivity index is 1.39. The van der Waals surface area contributed by atoms with Crippen molar-refractivity contribution in [3.05, 3.63) is 47.8 Å². The summed E-state index contributed by atoms with van der Waals surface area (Å²) in [6.45, 7) is 7.97. The second-order valence-corrected chi connectivity index (χ2v) is 10.2. The number of nitrogens with zero attached hydrogens (tertiary/aromatic N) is 7. The van der Waals surface area contributed by atoms with E-state index in [1.54, 1.807) is 7.11 Å². The topological polar surface area (TPSA) is 118 Å². The number of aliphatic hydroxyl groups excluding tert-OH is 1. The third-order valence-corrected chi connectivity index (χ3v) is 7.29. The molecular weight excluding hydrogens is 480 g/mol. The minimum Gasteiger partial charge on any atom is -0.395 e. The van der Waals surface area contributed by atoms with E-state index in [4.69, 9.17) is 20.6 Å². The van der Waals surface area contributed by atoms with Gasteiger partial charge in [0.2, 0.25) is 5.95 Å². The van der Waals surface area contributed by atoms with Crippen molar-refractivity contribution in [3.8, 4) is 0 Å². The van der Waals surface area contributed by atoms with Gasteiger partial charge in [-0.25, -0.2) is 4.98 Å². The summed E-state index contributed by atoms with van der Waals surface area (Å²) in [6, 6.07) is 8.56. The summed E-state index contributed by atoms with van der Waals surface area (Å²) in [5.74, 6) is 1.61. The van der Waals surface area contributed by atoms with Crippen molar-refractivity contribution in [1.82, 2.24) is 29.6 Å². The molecule has 3 aromatic heterocycles. The molecule has 0 unspecified atom stereocenters. The molecule has 10 heteroatoms. The van der Waals surface area contributed by atoms with Gasteiger partial charge in [0.15, 0.2) is 11.3 Å². The predicted molar refractivity (Wildman–Crippen MR) is 150 cm³/mol. The smallest absolute Gasteiger partial charge is 0.222 e. The number of nitrogen functional groups attached to an aromatic ring is 1. The van der Waals surface area contributed by atoms with E-state index in [0.717, 1.165) is 69.0 Å². The predicted octanol–water partition coefficient (Wildman–Crippen LogP) is 3.07. The first-order valence-corrected chi connectivity index (χ1v) is 13.5. The van der Waals surface area contributed by atoms with Crippen LogP contribution in [-0.4, -0.2) is 81.2 Å². The van der Waals surface area contributed by atoms with Crippen LogP contribution in [0.1, 0.15) is 37.3 Å². The van der Waals surface area contributed by atoms with Gasteiger partial charge in [-0.2, -0.15) is 10.1 Å². The van der Waals surface area contributed by atoms with Gasteiger partial charge in [-0.3, -0.25) is 14.6 Å². The lowest BCUT2D eigenvalue weighted by Crippen LogP contribution is -2.46. The number of aromatic nitrogens is 5. The van der Waals surface area contributed by atoms with Crippen LogP contribution in [0.3, 0.4) is 0 Å². The molecule has 0 radical (unpaired) electrons. The average molecular weight is 519 g/mol. The Hall–Kier alpha value is -3.34. The van der Waals surface area contributed by atoms with E-state index in [9.17, 15) is 5.11 Å². The number of anilines is 2. The molecule has 0 saturated carbocycles. The lowest BCUT2D eigenvalue weighted by Gasteiger charge is -2.39. The molecule has 3 N–H and O–H groups in total. The van der Waals surface area contributed by atoms with Crippen LogP contribution in [0.2, 0.25) is 0 Å².